The fourth-order valence-corrected chi connectivity index (χ4v) is 2.67. The van der Waals surface area contributed by atoms with Crippen molar-refractivity contribution in [2.24, 2.45) is 0 Å². The van der Waals surface area contributed by atoms with Crippen LogP contribution in [0.5, 0.6) is 0 Å². The van der Waals surface area contributed by atoms with Gasteiger partial charge in [-0.05, 0) is 29.5 Å². The van der Waals surface area contributed by atoms with Crippen LogP contribution in [0.1, 0.15) is 24.8 Å². The van der Waals surface area contributed by atoms with Gasteiger partial charge in [0, 0.05) is 5.41 Å². The summed E-state index contributed by atoms with van der Waals surface area (Å²) in [6, 6.07) is 18.5. The van der Waals surface area contributed by atoms with E-state index in [1.165, 1.54) is 5.56 Å². The van der Waals surface area contributed by atoms with Crippen molar-refractivity contribution in [2.45, 2.75) is 24.7 Å². The maximum atomic E-state index is 11.0. The Morgan fingerprint density at radius 3 is 2.32 bits per heavy atom. The summed E-state index contributed by atoms with van der Waals surface area (Å²) in [5, 5.41) is 9.04. The smallest absolute Gasteiger partial charge is 0.304 e. The minimum absolute atomic E-state index is 0.114. The van der Waals surface area contributed by atoms with Gasteiger partial charge in [-0.15, -0.1) is 0 Å². The summed E-state index contributed by atoms with van der Waals surface area (Å²) in [7, 11) is 0. The van der Waals surface area contributed by atoms with Gasteiger partial charge in [-0.3, -0.25) is 4.79 Å². The Kier molecular flexibility index (Phi) is 2.86. The molecule has 0 heterocycles. The van der Waals surface area contributed by atoms with Gasteiger partial charge in [0.05, 0.1) is 6.42 Å². The van der Waals surface area contributed by atoms with Gasteiger partial charge < -0.3 is 5.11 Å². The Balaban J connectivity index is 1.95. The quantitative estimate of drug-likeness (QED) is 0.897. The highest BCUT2D eigenvalue weighted by atomic mass is 16.4. The first kappa shape index (κ1) is 12.0. The predicted octanol–water partition coefficient (Wildman–Crippen LogP) is 3.86. The molecule has 1 fully saturated rings. The first-order valence-electron chi connectivity index (χ1n) is 6.57. The third-order valence-electron chi connectivity index (χ3n) is 3.93. The van der Waals surface area contributed by atoms with E-state index in [2.05, 4.69) is 30.3 Å². The monoisotopic (exact) mass is 252 g/mol. The molecular formula is C17H16O2. The third-order valence-corrected chi connectivity index (χ3v) is 3.93. The molecule has 1 aliphatic rings. The molecule has 96 valence electrons. The Hall–Kier alpha value is -2.09. The molecule has 0 spiro atoms. The van der Waals surface area contributed by atoms with Crippen molar-refractivity contribution >= 4 is 5.97 Å². The van der Waals surface area contributed by atoms with Crippen LogP contribution in [0.2, 0.25) is 0 Å². The molecule has 0 radical (unpaired) electrons. The summed E-state index contributed by atoms with van der Waals surface area (Å²) in [6.07, 6.45) is 2.21. The summed E-state index contributed by atoms with van der Waals surface area (Å²) in [5.74, 6) is -0.706. The first-order chi connectivity index (χ1) is 9.20. The van der Waals surface area contributed by atoms with Gasteiger partial charge in [0.2, 0.25) is 0 Å². The van der Waals surface area contributed by atoms with Crippen LogP contribution >= 0.6 is 0 Å². The van der Waals surface area contributed by atoms with Crippen LogP contribution in [0.15, 0.2) is 54.6 Å². The highest BCUT2D eigenvalue weighted by Crippen LogP contribution is 2.51. The van der Waals surface area contributed by atoms with Gasteiger partial charge in [0.25, 0.3) is 0 Å². The van der Waals surface area contributed by atoms with Crippen molar-refractivity contribution in [1.82, 2.24) is 0 Å². The van der Waals surface area contributed by atoms with Gasteiger partial charge in [-0.1, -0.05) is 54.6 Å². The number of hydrogen-bond acceptors (Lipinski definition) is 1. The molecule has 1 aliphatic carbocycles. The SMILES string of the molecule is O=C(O)CC1(c2cccc(-c3ccccc3)c2)CC1. The molecule has 0 aliphatic heterocycles. The molecule has 0 unspecified atom stereocenters. The fraction of sp³-hybridized carbons (Fsp3) is 0.235. The number of aliphatic carboxylic acids is 1. The van der Waals surface area contributed by atoms with E-state index < -0.39 is 5.97 Å². The van der Waals surface area contributed by atoms with E-state index in [4.69, 9.17) is 5.11 Å². The molecule has 1 N–H and O–H groups in total. The van der Waals surface area contributed by atoms with Crippen molar-refractivity contribution in [1.29, 1.82) is 0 Å². The highest BCUT2D eigenvalue weighted by Gasteiger charge is 2.45. The minimum Gasteiger partial charge on any atom is -0.481 e. The van der Waals surface area contributed by atoms with E-state index in [1.807, 2.05) is 24.3 Å². The molecule has 2 aromatic rings. The normalized spacial score (nSPS) is 16.0. The van der Waals surface area contributed by atoms with E-state index in [1.54, 1.807) is 0 Å². The number of carbonyl (C=O) groups is 1. The van der Waals surface area contributed by atoms with Crippen molar-refractivity contribution in [3.63, 3.8) is 0 Å². The van der Waals surface area contributed by atoms with Crippen LogP contribution in [-0.4, -0.2) is 11.1 Å². The van der Waals surface area contributed by atoms with E-state index in [-0.39, 0.29) is 11.8 Å². The van der Waals surface area contributed by atoms with Crippen molar-refractivity contribution < 1.29 is 9.90 Å². The van der Waals surface area contributed by atoms with Crippen LogP contribution in [-0.2, 0) is 10.2 Å². The Labute approximate surface area is 112 Å². The summed E-state index contributed by atoms with van der Waals surface area (Å²) in [5.41, 5.74) is 3.39. The molecule has 0 bridgehead atoms. The summed E-state index contributed by atoms with van der Waals surface area (Å²) >= 11 is 0. The maximum Gasteiger partial charge on any atom is 0.304 e. The summed E-state index contributed by atoms with van der Waals surface area (Å²) in [4.78, 5) is 11.0. The lowest BCUT2D eigenvalue weighted by Gasteiger charge is -2.14. The van der Waals surface area contributed by atoms with E-state index in [0.29, 0.717) is 0 Å². The maximum absolute atomic E-state index is 11.0. The third kappa shape index (κ3) is 2.39. The second-order valence-corrected chi connectivity index (χ2v) is 5.30. The largest absolute Gasteiger partial charge is 0.481 e. The number of rotatable bonds is 4. The minimum atomic E-state index is -0.706. The number of carboxylic acid groups (broad SMARTS) is 1. The molecule has 2 heteroatoms. The molecular weight excluding hydrogens is 236 g/mol. The highest BCUT2D eigenvalue weighted by molar-refractivity contribution is 5.71. The van der Waals surface area contributed by atoms with Crippen molar-refractivity contribution in [3.8, 4) is 11.1 Å². The average molecular weight is 252 g/mol. The van der Waals surface area contributed by atoms with Crippen LogP contribution in [0.25, 0.3) is 11.1 Å². The number of benzene rings is 2. The van der Waals surface area contributed by atoms with Crippen LogP contribution < -0.4 is 0 Å². The van der Waals surface area contributed by atoms with Gasteiger partial charge in [-0.25, -0.2) is 0 Å². The van der Waals surface area contributed by atoms with Crippen LogP contribution in [0, 0.1) is 0 Å². The van der Waals surface area contributed by atoms with Crippen molar-refractivity contribution in [3.05, 3.63) is 60.2 Å². The number of carboxylic acids is 1. The Morgan fingerprint density at radius 2 is 1.68 bits per heavy atom. The van der Waals surface area contributed by atoms with Gasteiger partial charge >= 0.3 is 5.97 Å². The topological polar surface area (TPSA) is 37.3 Å². The predicted molar refractivity (Wildman–Crippen MR) is 75.0 cm³/mol. The fourth-order valence-electron chi connectivity index (χ4n) is 2.67. The standard InChI is InChI=1S/C17H16O2/c18-16(19)12-17(9-10-17)15-8-4-7-14(11-15)13-5-2-1-3-6-13/h1-8,11H,9-10,12H2,(H,18,19). The Bertz CT molecular complexity index is 598. The molecule has 0 saturated heterocycles. The lowest BCUT2D eigenvalue weighted by molar-refractivity contribution is -0.137. The molecule has 19 heavy (non-hydrogen) atoms. The molecule has 0 aromatic heterocycles. The van der Waals surface area contributed by atoms with Gasteiger partial charge in [0.15, 0.2) is 0 Å². The van der Waals surface area contributed by atoms with E-state index >= 15 is 0 Å². The molecule has 0 atom stereocenters. The molecule has 1 saturated carbocycles. The van der Waals surface area contributed by atoms with Crippen molar-refractivity contribution in [2.75, 3.05) is 0 Å². The lowest BCUT2D eigenvalue weighted by Crippen LogP contribution is -2.12. The van der Waals surface area contributed by atoms with Crippen LogP contribution in [0.3, 0.4) is 0 Å². The summed E-state index contributed by atoms with van der Waals surface area (Å²) < 4.78 is 0. The zero-order valence-electron chi connectivity index (χ0n) is 10.7. The zero-order chi connectivity index (χ0) is 13.3. The number of hydrogen-bond donors (Lipinski definition) is 1. The Morgan fingerprint density at radius 1 is 1.00 bits per heavy atom. The van der Waals surface area contributed by atoms with Crippen LogP contribution in [0.4, 0.5) is 0 Å². The van der Waals surface area contributed by atoms with E-state index in [0.717, 1.165) is 24.0 Å². The molecule has 3 rings (SSSR count). The second kappa shape index (κ2) is 4.54. The molecule has 0 amide bonds. The van der Waals surface area contributed by atoms with Gasteiger partial charge in [-0.2, -0.15) is 0 Å². The molecule has 2 aromatic carbocycles. The van der Waals surface area contributed by atoms with Gasteiger partial charge in [0.1, 0.15) is 0 Å². The van der Waals surface area contributed by atoms with E-state index in [9.17, 15) is 4.79 Å². The molecule has 2 nitrogen and oxygen atoms in total. The lowest BCUT2D eigenvalue weighted by atomic mass is 9.90. The first-order valence-corrected chi connectivity index (χ1v) is 6.57. The second-order valence-electron chi connectivity index (χ2n) is 5.30. The zero-order valence-corrected chi connectivity index (χ0v) is 10.7. The summed E-state index contributed by atoms with van der Waals surface area (Å²) in [6.45, 7) is 0. The average Bonchev–Trinajstić information content (AvgIpc) is 3.20.